The van der Waals surface area contributed by atoms with Crippen LogP contribution in [0.1, 0.15) is 18.2 Å². The van der Waals surface area contributed by atoms with E-state index >= 15 is 0 Å². The van der Waals surface area contributed by atoms with Gasteiger partial charge in [0.25, 0.3) is 0 Å². The van der Waals surface area contributed by atoms with Gasteiger partial charge >= 0.3 is 0 Å². The summed E-state index contributed by atoms with van der Waals surface area (Å²) in [5.74, 6) is 1.13. The molecule has 0 bridgehead atoms. The maximum Gasteiger partial charge on any atom is 0.215 e. The van der Waals surface area contributed by atoms with Crippen LogP contribution in [0.2, 0.25) is 0 Å². The molecule has 0 radical (unpaired) electrons. The number of benzene rings is 1. The highest BCUT2D eigenvalue weighted by Gasteiger charge is 2.17. The Kier molecular flexibility index (Phi) is 3.53. The van der Waals surface area contributed by atoms with Crippen LogP contribution in [0.5, 0.6) is 5.88 Å². The maximum absolute atomic E-state index is 13.0. The van der Waals surface area contributed by atoms with Gasteiger partial charge in [-0.25, -0.2) is 0 Å². The predicted molar refractivity (Wildman–Crippen MR) is 97.6 cm³/mol. The van der Waals surface area contributed by atoms with Crippen molar-refractivity contribution >= 4 is 21.9 Å². The summed E-state index contributed by atoms with van der Waals surface area (Å²) >= 11 is 0. The van der Waals surface area contributed by atoms with E-state index < -0.39 is 0 Å². The molecular formula is C19H18N4O2. The van der Waals surface area contributed by atoms with Gasteiger partial charge in [-0.15, -0.1) is 0 Å². The second-order valence-corrected chi connectivity index (χ2v) is 5.94. The number of aromatic nitrogens is 4. The van der Waals surface area contributed by atoms with Crippen molar-refractivity contribution in [2.45, 2.75) is 20.8 Å². The van der Waals surface area contributed by atoms with Crippen LogP contribution in [0.15, 0.2) is 41.2 Å². The van der Waals surface area contributed by atoms with Gasteiger partial charge in [-0.1, -0.05) is 18.2 Å². The number of nitrogens with zero attached hydrogens (tertiary/aromatic N) is 3. The third-order valence-electron chi connectivity index (χ3n) is 4.27. The molecule has 0 aliphatic heterocycles. The number of nitrogens with one attached hydrogen (secondary N) is 1. The van der Waals surface area contributed by atoms with Crippen molar-refractivity contribution in [3.05, 3.63) is 57.9 Å². The van der Waals surface area contributed by atoms with Crippen LogP contribution in [0.4, 0.5) is 0 Å². The van der Waals surface area contributed by atoms with E-state index in [1.165, 1.54) is 0 Å². The molecule has 0 spiro atoms. The van der Waals surface area contributed by atoms with Crippen LogP contribution >= 0.6 is 0 Å². The number of aryl methyl sites for hydroxylation is 2. The molecule has 3 heterocycles. The number of para-hydroxylation sites is 1. The molecule has 4 aromatic rings. The summed E-state index contributed by atoms with van der Waals surface area (Å²) in [6, 6.07) is 11.2. The van der Waals surface area contributed by atoms with E-state index in [1.807, 2.05) is 51.1 Å². The first kappa shape index (κ1) is 15.4. The van der Waals surface area contributed by atoms with Gasteiger partial charge in [-0.05, 0) is 38.5 Å². The molecule has 0 aliphatic carbocycles. The summed E-state index contributed by atoms with van der Waals surface area (Å²) in [6.07, 6.45) is 0. The average molecular weight is 334 g/mol. The standard InChI is InChI=1S/C19H18N4O2/c1-4-25-15-10-6-9-14(20-15)23-19-16(12(3)22-23)18(24)13-8-5-7-11(2)17(13)21-19/h5-10H,4H2,1-3H3,(H,21,24). The van der Waals surface area contributed by atoms with E-state index in [9.17, 15) is 4.79 Å². The number of pyridine rings is 2. The molecule has 0 atom stereocenters. The third-order valence-corrected chi connectivity index (χ3v) is 4.27. The Morgan fingerprint density at radius 2 is 1.96 bits per heavy atom. The first-order chi connectivity index (χ1) is 12.1. The highest BCUT2D eigenvalue weighted by atomic mass is 16.5. The Balaban J connectivity index is 2.06. The average Bonchev–Trinajstić information content (AvgIpc) is 2.94. The molecule has 0 aliphatic rings. The van der Waals surface area contributed by atoms with Gasteiger partial charge in [0.05, 0.1) is 23.2 Å². The van der Waals surface area contributed by atoms with Crippen molar-refractivity contribution in [2.75, 3.05) is 6.61 Å². The Hall–Kier alpha value is -3.15. The monoisotopic (exact) mass is 334 g/mol. The van der Waals surface area contributed by atoms with E-state index in [4.69, 9.17) is 4.74 Å². The van der Waals surface area contributed by atoms with Crippen molar-refractivity contribution in [3.63, 3.8) is 0 Å². The van der Waals surface area contributed by atoms with Gasteiger partial charge in [0, 0.05) is 11.5 Å². The molecule has 6 heteroatoms. The smallest absolute Gasteiger partial charge is 0.215 e. The van der Waals surface area contributed by atoms with Crippen LogP contribution in [-0.4, -0.2) is 26.4 Å². The van der Waals surface area contributed by atoms with Crippen molar-refractivity contribution in [1.82, 2.24) is 19.7 Å². The number of hydrogen-bond acceptors (Lipinski definition) is 4. The Labute approximate surface area is 144 Å². The van der Waals surface area contributed by atoms with Crippen LogP contribution in [0.25, 0.3) is 27.8 Å². The SMILES string of the molecule is CCOc1cccc(-n2nc(C)c3c(=O)c4cccc(C)c4[nH]c32)n1. The molecule has 0 saturated carbocycles. The molecule has 6 nitrogen and oxygen atoms in total. The Morgan fingerprint density at radius 1 is 1.16 bits per heavy atom. The molecule has 4 rings (SSSR count). The van der Waals surface area contributed by atoms with Crippen molar-refractivity contribution in [1.29, 1.82) is 0 Å². The molecule has 3 aromatic heterocycles. The van der Waals surface area contributed by atoms with Crippen molar-refractivity contribution in [2.24, 2.45) is 0 Å². The first-order valence-electron chi connectivity index (χ1n) is 8.21. The summed E-state index contributed by atoms with van der Waals surface area (Å²) < 4.78 is 7.14. The normalized spacial score (nSPS) is 11.3. The van der Waals surface area contributed by atoms with E-state index in [2.05, 4.69) is 15.1 Å². The number of rotatable bonds is 3. The maximum atomic E-state index is 13.0. The molecule has 1 N–H and O–H groups in total. The molecular weight excluding hydrogens is 316 g/mol. The van der Waals surface area contributed by atoms with Crippen LogP contribution < -0.4 is 10.2 Å². The van der Waals surface area contributed by atoms with E-state index in [0.29, 0.717) is 40.4 Å². The summed E-state index contributed by atoms with van der Waals surface area (Å²) in [5, 5.41) is 5.80. The lowest BCUT2D eigenvalue weighted by Crippen LogP contribution is -2.07. The molecule has 25 heavy (non-hydrogen) atoms. The molecule has 1 aromatic carbocycles. The van der Waals surface area contributed by atoms with Crippen LogP contribution in [0.3, 0.4) is 0 Å². The molecule has 0 saturated heterocycles. The lowest BCUT2D eigenvalue weighted by Gasteiger charge is -2.07. The second-order valence-electron chi connectivity index (χ2n) is 5.94. The first-order valence-corrected chi connectivity index (χ1v) is 8.21. The van der Waals surface area contributed by atoms with E-state index in [1.54, 1.807) is 10.7 Å². The van der Waals surface area contributed by atoms with Gasteiger partial charge in [0.2, 0.25) is 11.3 Å². The highest BCUT2D eigenvalue weighted by molar-refractivity contribution is 5.94. The lowest BCUT2D eigenvalue weighted by atomic mass is 10.1. The summed E-state index contributed by atoms with van der Waals surface area (Å²) in [5.41, 5.74) is 3.13. The molecule has 126 valence electrons. The Morgan fingerprint density at radius 3 is 2.76 bits per heavy atom. The van der Waals surface area contributed by atoms with Gasteiger partial charge in [0.1, 0.15) is 5.65 Å². The minimum absolute atomic E-state index is 0.0165. The van der Waals surface area contributed by atoms with Gasteiger partial charge < -0.3 is 9.72 Å². The quantitative estimate of drug-likeness (QED) is 0.624. The third kappa shape index (κ3) is 2.38. The number of H-pyrrole nitrogens is 1. The van der Waals surface area contributed by atoms with Gasteiger partial charge in [0.15, 0.2) is 5.82 Å². The number of aromatic amines is 1. The highest BCUT2D eigenvalue weighted by Crippen LogP contribution is 2.22. The van der Waals surface area contributed by atoms with Gasteiger partial charge in [-0.2, -0.15) is 14.8 Å². The summed E-state index contributed by atoms with van der Waals surface area (Å²) in [7, 11) is 0. The second kappa shape index (κ2) is 5.73. The zero-order chi connectivity index (χ0) is 17.6. The topological polar surface area (TPSA) is 72.8 Å². The fourth-order valence-electron chi connectivity index (χ4n) is 3.11. The van der Waals surface area contributed by atoms with E-state index in [-0.39, 0.29) is 5.43 Å². The number of hydrogen-bond donors (Lipinski definition) is 1. The Bertz CT molecular complexity index is 1160. The van der Waals surface area contributed by atoms with Crippen molar-refractivity contribution < 1.29 is 4.74 Å². The molecule has 0 unspecified atom stereocenters. The van der Waals surface area contributed by atoms with Gasteiger partial charge in [-0.3, -0.25) is 4.79 Å². The van der Waals surface area contributed by atoms with Crippen molar-refractivity contribution in [3.8, 4) is 11.7 Å². The lowest BCUT2D eigenvalue weighted by molar-refractivity contribution is 0.326. The fourth-order valence-corrected chi connectivity index (χ4v) is 3.11. The predicted octanol–water partition coefficient (Wildman–Crippen LogP) is 3.28. The fraction of sp³-hybridized carbons (Fsp3) is 0.211. The largest absolute Gasteiger partial charge is 0.478 e. The minimum atomic E-state index is -0.0165. The number of ether oxygens (including phenoxy) is 1. The van der Waals surface area contributed by atoms with E-state index in [0.717, 1.165) is 11.1 Å². The zero-order valence-electron chi connectivity index (χ0n) is 14.3. The molecule has 0 amide bonds. The summed E-state index contributed by atoms with van der Waals surface area (Å²) in [4.78, 5) is 20.8. The minimum Gasteiger partial charge on any atom is -0.478 e. The summed E-state index contributed by atoms with van der Waals surface area (Å²) in [6.45, 7) is 6.26. The number of fused-ring (bicyclic) bond motifs is 2. The zero-order valence-corrected chi connectivity index (χ0v) is 14.3. The molecule has 0 fully saturated rings. The van der Waals surface area contributed by atoms with Crippen LogP contribution in [-0.2, 0) is 0 Å². The van der Waals surface area contributed by atoms with Crippen LogP contribution in [0, 0.1) is 13.8 Å².